The van der Waals surface area contributed by atoms with Crippen LogP contribution in [0.4, 0.5) is 5.13 Å². The van der Waals surface area contributed by atoms with Gasteiger partial charge in [0.25, 0.3) is 0 Å². The first-order valence-corrected chi connectivity index (χ1v) is 5.78. The topological polar surface area (TPSA) is 88.1 Å². The average molecular weight is 243 g/mol. The SMILES string of the molecule is COCCN(CCC(=N)N)c1nc(C)ns1. The summed E-state index contributed by atoms with van der Waals surface area (Å²) in [4.78, 5) is 6.35. The molecule has 6 nitrogen and oxygen atoms in total. The van der Waals surface area contributed by atoms with Crippen LogP contribution in [0.2, 0.25) is 0 Å². The smallest absolute Gasteiger partial charge is 0.205 e. The van der Waals surface area contributed by atoms with Crippen LogP contribution >= 0.6 is 11.5 Å². The number of nitrogens with two attached hydrogens (primary N) is 1. The van der Waals surface area contributed by atoms with Crippen LogP contribution in [0.5, 0.6) is 0 Å². The molecule has 1 rings (SSSR count). The van der Waals surface area contributed by atoms with E-state index in [0.717, 1.165) is 17.5 Å². The molecule has 1 heterocycles. The number of rotatable bonds is 7. The number of anilines is 1. The van der Waals surface area contributed by atoms with Crippen molar-refractivity contribution in [3.8, 4) is 0 Å². The lowest BCUT2D eigenvalue weighted by molar-refractivity contribution is 0.205. The lowest BCUT2D eigenvalue weighted by Crippen LogP contribution is -2.30. The summed E-state index contributed by atoms with van der Waals surface area (Å²) in [6.45, 7) is 3.89. The summed E-state index contributed by atoms with van der Waals surface area (Å²) in [5.74, 6) is 0.953. The van der Waals surface area contributed by atoms with Gasteiger partial charge in [-0.15, -0.1) is 0 Å². The van der Waals surface area contributed by atoms with E-state index in [1.165, 1.54) is 11.5 Å². The van der Waals surface area contributed by atoms with Gasteiger partial charge in [0.2, 0.25) is 5.13 Å². The second-order valence-corrected chi connectivity index (χ2v) is 4.11. The molecular formula is C9H17N5OS. The number of hydrogen-bond acceptors (Lipinski definition) is 6. The molecule has 0 atom stereocenters. The predicted octanol–water partition coefficient (Wildman–Crippen LogP) is 0.625. The Hall–Kier alpha value is -1.21. The zero-order chi connectivity index (χ0) is 12.0. The molecule has 16 heavy (non-hydrogen) atoms. The fraction of sp³-hybridized carbons (Fsp3) is 0.667. The van der Waals surface area contributed by atoms with Crippen LogP contribution in [0.15, 0.2) is 0 Å². The number of ether oxygens (including phenoxy) is 1. The molecule has 3 N–H and O–H groups in total. The third kappa shape index (κ3) is 4.11. The molecular weight excluding hydrogens is 226 g/mol. The second kappa shape index (κ2) is 6.39. The third-order valence-corrected chi connectivity index (χ3v) is 2.87. The van der Waals surface area contributed by atoms with Gasteiger partial charge in [-0.1, -0.05) is 0 Å². The van der Waals surface area contributed by atoms with Gasteiger partial charge >= 0.3 is 0 Å². The molecule has 7 heteroatoms. The van der Waals surface area contributed by atoms with E-state index in [0.29, 0.717) is 19.6 Å². The van der Waals surface area contributed by atoms with Crippen molar-refractivity contribution in [3.05, 3.63) is 5.82 Å². The van der Waals surface area contributed by atoms with Crippen LogP contribution in [0, 0.1) is 12.3 Å². The standard InChI is InChI=1S/C9H17N5OS/c1-7-12-9(16-13-7)14(5-6-15-2)4-3-8(10)11/h3-6H2,1-2H3,(H3,10,11). The van der Waals surface area contributed by atoms with Crippen molar-refractivity contribution in [2.45, 2.75) is 13.3 Å². The molecule has 90 valence electrons. The third-order valence-electron chi connectivity index (χ3n) is 2.00. The Morgan fingerprint density at radius 2 is 2.31 bits per heavy atom. The Labute approximate surface area is 99.1 Å². The number of hydrogen-bond donors (Lipinski definition) is 2. The summed E-state index contributed by atoms with van der Waals surface area (Å²) in [6, 6.07) is 0. The van der Waals surface area contributed by atoms with Gasteiger partial charge in [0.15, 0.2) is 0 Å². The molecule has 0 aliphatic rings. The molecule has 0 fully saturated rings. The maximum Gasteiger partial charge on any atom is 0.205 e. The minimum atomic E-state index is 0.184. The van der Waals surface area contributed by atoms with Gasteiger partial charge in [-0.25, -0.2) is 4.98 Å². The van der Waals surface area contributed by atoms with Crippen molar-refractivity contribution < 1.29 is 4.74 Å². The van der Waals surface area contributed by atoms with Crippen LogP contribution in [-0.2, 0) is 4.74 Å². The molecule has 0 saturated heterocycles. The summed E-state index contributed by atoms with van der Waals surface area (Å²) >= 11 is 1.36. The fourth-order valence-corrected chi connectivity index (χ4v) is 1.90. The second-order valence-electron chi connectivity index (χ2n) is 3.38. The van der Waals surface area contributed by atoms with Gasteiger partial charge in [-0.2, -0.15) is 4.37 Å². The van der Waals surface area contributed by atoms with E-state index in [1.54, 1.807) is 7.11 Å². The number of nitrogens with zero attached hydrogens (tertiary/aromatic N) is 3. The number of methoxy groups -OCH3 is 1. The minimum Gasteiger partial charge on any atom is -0.388 e. The van der Waals surface area contributed by atoms with E-state index in [1.807, 2.05) is 11.8 Å². The maximum atomic E-state index is 7.22. The summed E-state index contributed by atoms with van der Waals surface area (Å²) in [6.07, 6.45) is 0.530. The van der Waals surface area contributed by atoms with Crippen LogP contribution in [-0.4, -0.2) is 42.0 Å². The van der Waals surface area contributed by atoms with Crippen molar-refractivity contribution in [3.63, 3.8) is 0 Å². The molecule has 0 amide bonds. The lowest BCUT2D eigenvalue weighted by Gasteiger charge is -2.20. The van der Waals surface area contributed by atoms with E-state index < -0.39 is 0 Å². The summed E-state index contributed by atoms with van der Waals surface area (Å²) < 4.78 is 9.17. The normalized spacial score (nSPS) is 10.4. The molecule has 1 aromatic rings. The van der Waals surface area contributed by atoms with E-state index in [2.05, 4.69) is 9.36 Å². The van der Waals surface area contributed by atoms with Crippen LogP contribution in [0.3, 0.4) is 0 Å². The number of nitrogens with one attached hydrogen (secondary N) is 1. The van der Waals surface area contributed by atoms with Crippen LogP contribution in [0.25, 0.3) is 0 Å². The van der Waals surface area contributed by atoms with Crippen molar-refractivity contribution in [2.75, 3.05) is 31.7 Å². The highest BCUT2D eigenvalue weighted by Crippen LogP contribution is 2.16. The molecule has 0 aromatic carbocycles. The van der Waals surface area contributed by atoms with Gasteiger partial charge in [0.1, 0.15) is 5.82 Å². The highest BCUT2D eigenvalue weighted by molar-refractivity contribution is 7.09. The number of aromatic nitrogens is 2. The summed E-state index contributed by atoms with van der Waals surface area (Å²) in [5, 5.41) is 8.08. The van der Waals surface area contributed by atoms with E-state index in [9.17, 15) is 0 Å². The highest BCUT2D eigenvalue weighted by atomic mass is 32.1. The quantitative estimate of drug-likeness (QED) is 0.541. The Morgan fingerprint density at radius 1 is 1.56 bits per heavy atom. The largest absolute Gasteiger partial charge is 0.388 e. The Bertz CT molecular complexity index is 340. The molecule has 0 bridgehead atoms. The molecule has 0 saturated carbocycles. The minimum absolute atomic E-state index is 0.184. The first-order valence-electron chi connectivity index (χ1n) is 5.00. The van der Waals surface area contributed by atoms with Crippen molar-refractivity contribution >= 4 is 22.5 Å². The van der Waals surface area contributed by atoms with Gasteiger partial charge in [0.05, 0.1) is 12.4 Å². The Kier molecular flexibility index (Phi) is 5.13. The summed E-state index contributed by atoms with van der Waals surface area (Å²) in [7, 11) is 1.66. The summed E-state index contributed by atoms with van der Waals surface area (Å²) in [5.41, 5.74) is 5.35. The molecule has 0 aliphatic heterocycles. The average Bonchev–Trinajstić information content (AvgIpc) is 2.64. The molecule has 0 unspecified atom stereocenters. The Balaban J connectivity index is 2.59. The first kappa shape index (κ1) is 12.9. The van der Waals surface area contributed by atoms with E-state index >= 15 is 0 Å². The maximum absolute atomic E-state index is 7.22. The van der Waals surface area contributed by atoms with Crippen molar-refractivity contribution in [1.82, 2.24) is 9.36 Å². The first-order chi connectivity index (χ1) is 7.63. The van der Waals surface area contributed by atoms with Crippen LogP contribution in [0.1, 0.15) is 12.2 Å². The molecule has 0 radical (unpaired) electrons. The van der Waals surface area contributed by atoms with E-state index in [-0.39, 0.29) is 5.84 Å². The monoisotopic (exact) mass is 243 g/mol. The Morgan fingerprint density at radius 3 is 2.81 bits per heavy atom. The van der Waals surface area contributed by atoms with Gasteiger partial charge in [0, 0.05) is 38.2 Å². The van der Waals surface area contributed by atoms with Gasteiger partial charge < -0.3 is 15.4 Å². The zero-order valence-corrected chi connectivity index (χ0v) is 10.4. The number of aryl methyl sites for hydroxylation is 1. The van der Waals surface area contributed by atoms with Gasteiger partial charge in [-0.05, 0) is 6.92 Å². The zero-order valence-electron chi connectivity index (χ0n) is 9.56. The number of amidine groups is 1. The fourth-order valence-electron chi connectivity index (χ4n) is 1.17. The molecule has 0 spiro atoms. The van der Waals surface area contributed by atoms with Crippen molar-refractivity contribution in [2.24, 2.45) is 5.73 Å². The molecule has 1 aromatic heterocycles. The highest BCUT2D eigenvalue weighted by Gasteiger charge is 2.11. The predicted molar refractivity (Wildman–Crippen MR) is 65.3 cm³/mol. The lowest BCUT2D eigenvalue weighted by atomic mass is 10.3. The van der Waals surface area contributed by atoms with E-state index in [4.69, 9.17) is 15.9 Å². The van der Waals surface area contributed by atoms with Crippen molar-refractivity contribution in [1.29, 1.82) is 5.41 Å². The van der Waals surface area contributed by atoms with Crippen LogP contribution < -0.4 is 10.6 Å². The molecule has 0 aliphatic carbocycles. The van der Waals surface area contributed by atoms with Gasteiger partial charge in [-0.3, -0.25) is 5.41 Å².